The van der Waals surface area contributed by atoms with Crippen molar-refractivity contribution in [1.82, 2.24) is 4.98 Å². The van der Waals surface area contributed by atoms with Crippen molar-refractivity contribution < 1.29 is 13.6 Å². The zero-order valence-electron chi connectivity index (χ0n) is 14.2. The van der Waals surface area contributed by atoms with E-state index in [9.17, 15) is 9.36 Å². The molecular formula is C19H17BrNO4P. The van der Waals surface area contributed by atoms with Crippen LogP contribution in [0.1, 0.15) is 0 Å². The van der Waals surface area contributed by atoms with Crippen molar-refractivity contribution in [3.8, 4) is 22.4 Å². The summed E-state index contributed by atoms with van der Waals surface area (Å²) in [6.45, 7) is 0. The maximum absolute atomic E-state index is 13.0. The molecule has 0 aliphatic rings. The predicted octanol–water partition coefficient (Wildman–Crippen LogP) is 4.58. The number of benzene rings is 2. The van der Waals surface area contributed by atoms with Crippen LogP contribution in [0.15, 0.2) is 69.9 Å². The minimum Gasteiger partial charge on any atom is -0.321 e. The molecule has 0 unspecified atom stereocenters. The quantitative estimate of drug-likeness (QED) is 0.597. The molecule has 1 aromatic heterocycles. The van der Waals surface area contributed by atoms with Gasteiger partial charge in [0.15, 0.2) is 0 Å². The molecule has 7 heteroatoms. The second kappa shape index (κ2) is 7.72. The number of hydrogen-bond acceptors (Lipinski definition) is 4. The predicted molar refractivity (Wildman–Crippen MR) is 107 cm³/mol. The fraction of sp³-hybridized carbons (Fsp3) is 0.105. The fourth-order valence-corrected chi connectivity index (χ4v) is 4.28. The highest BCUT2D eigenvalue weighted by atomic mass is 79.9. The molecule has 5 nitrogen and oxygen atoms in total. The standard InChI is InChI=1S/C19H17BrNO4P/c1-24-26(23,25-2)18-16(13-8-10-15(20)11-9-13)12-17(21-19(18)22)14-6-4-3-5-7-14/h3-12H,1-2H3,(H,21,22). The molecule has 0 fully saturated rings. The van der Waals surface area contributed by atoms with E-state index in [0.29, 0.717) is 11.3 Å². The zero-order valence-corrected chi connectivity index (χ0v) is 16.7. The van der Waals surface area contributed by atoms with E-state index in [1.54, 1.807) is 6.07 Å². The van der Waals surface area contributed by atoms with Gasteiger partial charge in [-0.1, -0.05) is 58.4 Å². The minimum atomic E-state index is -3.75. The lowest BCUT2D eigenvalue weighted by Crippen LogP contribution is -2.30. The Kier molecular flexibility index (Phi) is 5.58. The molecule has 0 saturated heterocycles. The molecule has 0 spiro atoms. The van der Waals surface area contributed by atoms with Gasteiger partial charge in [-0.15, -0.1) is 0 Å². The van der Waals surface area contributed by atoms with Gasteiger partial charge in [-0.2, -0.15) is 0 Å². The summed E-state index contributed by atoms with van der Waals surface area (Å²) in [4.78, 5) is 15.6. The van der Waals surface area contributed by atoms with Crippen LogP contribution in [0.4, 0.5) is 0 Å². The summed E-state index contributed by atoms with van der Waals surface area (Å²) in [7, 11) is -1.22. The Balaban J connectivity index is 2.33. The average Bonchev–Trinajstić information content (AvgIpc) is 2.68. The molecule has 0 atom stereocenters. The van der Waals surface area contributed by atoms with Crippen molar-refractivity contribution in [2.24, 2.45) is 0 Å². The third kappa shape index (κ3) is 3.60. The van der Waals surface area contributed by atoms with Crippen LogP contribution in [0.25, 0.3) is 22.4 Å². The maximum atomic E-state index is 13.0. The van der Waals surface area contributed by atoms with Crippen LogP contribution >= 0.6 is 23.5 Å². The Labute approximate surface area is 159 Å². The van der Waals surface area contributed by atoms with E-state index >= 15 is 0 Å². The second-order valence-corrected chi connectivity index (χ2v) is 8.60. The van der Waals surface area contributed by atoms with Crippen molar-refractivity contribution in [3.63, 3.8) is 0 Å². The molecule has 1 N–H and O–H groups in total. The SMILES string of the molecule is COP(=O)(OC)c1c(-c2ccc(Br)cc2)cc(-c2ccccc2)[nH]c1=O. The number of halogens is 1. The molecule has 3 rings (SSSR count). The van der Waals surface area contributed by atoms with Gasteiger partial charge in [0.2, 0.25) is 0 Å². The van der Waals surface area contributed by atoms with Crippen LogP contribution in [-0.2, 0) is 13.6 Å². The summed E-state index contributed by atoms with van der Waals surface area (Å²) in [5.74, 6) is 0. The van der Waals surface area contributed by atoms with E-state index in [1.807, 2.05) is 54.6 Å². The van der Waals surface area contributed by atoms with E-state index < -0.39 is 13.2 Å². The van der Waals surface area contributed by atoms with Gasteiger partial charge in [0.05, 0.1) is 0 Å². The molecule has 2 aromatic carbocycles. The Morgan fingerprint density at radius 1 is 0.923 bits per heavy atom. The first-order chi connectivity index (χ1) is 12.5. The van der Waals surface area contributed by atoms with Gasteiger partial charge < -0.3 is 14.0 Å². The molecule has 3 aromatic rings. The van der Waals surface area contributed by atoms with Gasteiger partial charge in [-0.25, -0.2) is 0 Å². The zero-order chi connectivity index (χ0) is 18.7. The monoisotopic (exact) mass is 433 g/mol. The lowest BCUT2D eigenvalue weighted by atomic mass is 10.0. The van der Waals surface area contributed by atoms with Gasteiger partial charge in [-0.05, 0) is 29.3 Å². The minimum absolute atomic E-state index is 0.00972. The third-order valence-electron chi connectivity index (χ3n) is 4.00. The largest absolute Gasteiger partial charge is 0.367 e. The summed E-state index contributed by atoms with van der Waals surface area (Å²) in [6, 6.07) is 18.6. The smallest absolute Gasteiger partial charge is 0.321 e. The Morgan fingerprint density at radius 3 is 2.12 bits per heavy atom. The van der Waals surface area contributed by atoms with Crippen molar-refractivity contribution >= 4 is 28.8 Å². The molecular weight excluding hydrogens is 417 g/mol. The van der Waals surface area contributed by atoms with Crippen LogP contribution < -0.4 is 10.9 Å². The summed E-state index contributed by atoms with van der Waals surface area (Å²) in [6.07, 6.45) is 0. The molecule has 1 heterocycles. The van der Waals surface area contributed by atoms with E-state index in [1.165, 1.54) is 14.2 Å². The van der Waals surface area contributed by atoms with Crippen LogP contribution in [0.3, 0.4) is 0 Å². The lowest BCUT2D eigenvalue weighted by molar-refractivity contribution is 0.287. The topological polar surface area (TPSA) is 68.4 Å². The second-order valence-electron chi connectivity index (χ2n) is 5.51. The number of pyridine rings is 1. The van der Waals surface area contributed by atoms with E-state index in [0.717, 1.165) is 15.6 Å². The number of rotatable bonds is 5. The Morgan fingerprint density at radius 2 is 1.54 bits per heavy atom. The normalized spacial score (nSPS) is 11.5. The summed E-state index contributed by atoms with van der Waals surface area (Å²) < 4.78 is 24.1. The number of hydrogen-bond donors (Lipinski definition) is 1. The van der Waals surface area contributed by atoms with Crippen LogP contribution in [0, 0.1) is 0 Å². The van der Waals surface area contributed by atoms with Gasteiger partial charge in [-0.3, -0.25) is 9.36 Å². The molecule has 0 aliphatic heterocycles. The van der Waals surface area contributed by atoms with Gasteiger partial charge in [0, 0.05) is 29.9 Å². The van der Waals surface area contributed by atoms with E-state index in [4.69, 9.17) is 9.05 Å². The Hall–Kier alpha value is -1.98. The summed E-state index contributed by atoms with van der Waals surface area (Å²) >= 11 is 3.40. The molecule has 26 heavy (non-hydrogen) atoms. The maximum Gasteiger partial charge on any atom is 0.367 e. The highest BCUT2D eigenvalue weighted by Crippen LogP contribution is 2.46. The molecule has 0 bridgehead atoms. The van der Waals surface area contributed by atoms with Crippen molar-refractivity contribution in [2.75, 3.05) is 14.2 Å². The van der Waals surface area contributed by atoms with Gasteiger partial charge in [0.25, 0.3) is 5.56 Å². The highest BCUT2D eigenvalue weighted by Gasteiger charge is 2.32. The highest BCUT2D eigenvalue weighted by molar-refractivity contribution is 9.10. The Bertz CT molecular complexity index is 1010. The summed E-state index contributed by atoms with van der Waals surface area (Å²) in [5, 5.41) is -0.00972. The number of H-pyrrole nitrogens is 1. The van der Waals surface area contributed by atoms with Crippen molar-refractivity contribution in [1.29, 1.82) is 0 Å². The van der Waals surface area contributed by atoms with Crippen LogP contribution in [-0.4, -0.2) is 19.2 Å². The van der Waals surface area contributed by atoms with Gasteiger partial charge >= 0.3 is 7.60 Å². The molecule has 0 saturated carbocycles. The third-order valence-corrected chi connectivity index (χ3v) is 6.48. The molecule has 134 valence electrons. The lowest BCUT2D eigenvalue weighted by Gasteiger charge is -2.18. The van der Waals surface area contributed by atoms with Crippen molar-refractivity contribution in [3.05, 3.63) is 75.5 Å². The van der Waals surface area contributed by atoms with E-state index in [2.05, 4.69) is 20.9 Å². The average molecular weight is 434 g/mol. The van der Waals surface area contributed by atoms with Crippen LogP contribution in [0.5, 0.6) is 0 Å². The first-order valence-electron chi connectivity index (χ1n) is 7.79. The first kappa shape index (κ1) is 18.8. The van der Waals surface area contributed by atoms with Crippen LogP contribution in [0.2, 0.25) is 0 Å². The summed E-state index contributed by atoms with van der Waals surface area (Å²) in [5.41, 5.74) is 2.21. The number of nitrogens with one attached hydrogen (secondary N) is 1. The first-order valence-corrected chi connectivity index (χ1v) is 10.1. The van der Waals surface area contributed by atoms with E-state index in [-0.39, 0.29) is 5.30 Å². The molecule has 0 radical (unpaired) electrons. The molecule has 0 aliphatic carbocycles. The molecule has 0 amide bonds. The van der Waals surface area contributed by atoms with Crippen molar-refractivity contribution in [2.45, 2.75) is 0 Å². The number of aromatic amines is 1. The van der Waals surface area contributed by atoms with Gasteiger partial charge in [0.1, 0.15) is 5.30 Å². The fourth-order valence-electron chi connectivity index (χ4n) is 2.70. The number of aromatic nitrogens is 1.